The second kappa shape index (κ2) is 9.62. The van der Waals surface area contributed by atoms with Gasteiger partial charge in [0.05, 0.1) is 18.8 Å². The van der Waals surface area contributed by atoms with Gasteiger partial charge < -0.3 is 9.47 Å². The first-order valence-corrected chi connectivity index (χ1v) is 10.6. The van der Waals surface area contributed by atoms with Crippen LogP contribution in [0.25, 0.3) is 0 Å². The van der Waals surface area contributed by atoms with Crippen molar-refractivity contribution in [2.24, 2.45) is 11.8 Å². The van der Waals surface area contributed by atoms with Crippen molar-refractivity contribution in [3.8, 4) is 5.75 Å². The lowest BCUT2D eigenvalue weighted by atomic mass is 9.81. The van der Waals surface area contributed by atoms with Gasteiger partial charge in [-0.05, 0) is 43.6 Å². The first kappa shape index (κ1) is 19.5. The molecule has 3 rings (SSSR count). The lowest BCUT2D eigenvalue weighted by Crippen LogP contribution is -2.33. The second-order valence-electron chi connectivity index (χ2n) is 7.31. The largest absolute Gasteiger partial charge is 0.493 e. The van der Waals surface area contributed by atoms with Crippen LogP contribution in [0.4, 0.5) is 0 Å². The van der Waals surface area contributed by atoms with Crippen molar-refractivity contribution >= 4 is 17.7 Å². The maximum Gasteiger partial charge on any atom is 0.243 e. The Balaban J connectivity index is 1.44. The van der Waals surface area contributed by atoms with Gasteiger partial charge in [-0.2, -0.15) is 11.8 Å². The van der Waals surface area contributed by atoms with Gasteiger partial charge in [0.25, 0.3) is 0 Å². The number of rotatable bonds is 10. The Bertz CT molecular complexity index is 570. The number of carbonyl (C=O) groups excluding carboxylic acids is 1. The van der Waals surface area contributed by atoms with E-state index >= 15 is 0 Å². The monoisotopic (exact) mass is 379 g/mol. The smallest absolute Gasteiger partial charge is 0.243 e. The summed E-state index contributed by atoms with van der Waals surface area (Å²) in [4.78, 5) is 11.1. The molecule has 2 heterocycles. The van der Waals surface area contributed by atoms with E-state index in [1.54, 1.807) is 5.48 Å². The highest BCUT2D eigenvalue weighted by atomic mass is 32.2. The van der Waals surface area contributed by atoms with Crippen molar-refractivity contribution < 1.29 is 19.5 Å². The van der Waals surface area contributed by atoms with Crippen LogP contribution in [0.5, 0.6) is 5.75 Å². The lowest BCUT2D eigenvalue weighted by molar-refractivity contribution is -0.129. The highest BCUT2D eigenvalue weighted by Gasteiger charge is 2.48. The van der Waals surface area contributed by atoms with Crippen molar-refractivity contribution in [1.29, 1.82) is 0 Å². The number of benzene rings is 1. The third-order valence-electron chi connectivity index (χ3n) is 5.49. The molecule has 5 nitrogen and oxygen atoms in total. The normalized spacial score (nSPS) is 28.1. The quantitative estimate of drug-likeness (QED) is 0.480. The average Bonchev–Trinajstić information content (AvgIpc) is 3.27. The van der Waals surface area contributed by atoms with Crippen LogP contribution >= 0.6 is 11.8 Å². The molecule has 26 heavy (non-hydrogen) atoms. The minimum absolute atomic E-state index is 0.304. The second-order valence-corrected chi connectivity index (χ2v) is 8.78. The number of para-hydroxylation sites is 1. The first-order chi connectivity index (χ1) is 12.7. The molecular weight excluding hydrogens is 350 g/mol. The number of amides is 1. The van der Waals surface area contributed by atoms with Crippen LogP contribution < -0.4 is 10.2 Å². The molecule has 2 saturated heterocycles. The van der Waals surface area contributed by atoms with Gasteiger partial charge >= 0.3 is 0 Å². The molecule has 1 amide bonds. The number of fused-ring (bicyclic) bond motifs is 2. The van der Waals surface area contributed by atoms with E-state index in [1.165, 1.54) is 6.42 Å². The standard InChI is InChI=1S/C20H29NO4S/c1-14(6-5-9-20(22)21-23)26-13-17-16(18-10-11-19(17)25-18)12-24-15-7-3-2-4-8-15/h2-4,7-8,14,16-19,23H,5-6,9-13H2,1H3,(H,21,22). The number of ether oxygens (including phenoxy) is 2. The Morgan fingerprint density at radius 3 is 2.77 bits per heavy atom. The molecule has 0 aliphatic carbocycles. The van der Waals surface area contributed by atoms with E-state index in [0.717, 1.165) is 37.4 Å². The third-order valence-corrected chi connectivity index (χ3v) is 6.87. The van der Waals surface area contributed by atoms with Crippen LogP contribution in [-0.4, -0.2) is 40.9 Å². The molecule has 2 aliphatic heterocycles. The summed E-state index contributed by atoms with van der Waals surface area (Å²) in [7, 11) is 0. The first-order valence-electron chi connectivity index (χ1n) is 9.55. The SMILES string of the molecule is CC(CCCC(=O)NO)SCC1C2CCC(O2)C1COc1ccccc1. The fourth-order valence-electron chi connectivity index (χ4n) is 4.01. The number of hydroxylamine groups is 1. The molecular formula is C20H29NO4S. The van der Waals surface area contributed by atoms with Crippen LogP contribution in [0.15, 0.2) is 30.3 Å². The number of thioether (sulfide) groups is 1. The molecule has 0 aromatic heterocycles. The molecule has 0 spiro atoms. The van der Waals surface area contributed by atoms with Gasteiger partial charge in [-0.3, -0.25) is 10.0 Å². The zero-order valence-electron chi connectivity index (χ0n) is 15.3. The topological polar surface area (TPSA) is 67.8 Å². The summed E-state index contributed by atoms with van der Waals surface area (Å²) in [6.45, 7) is 2.94. The molecule has 144 valence electrons. The Morgan fingerprint density at radius 2 is 2.04 bits per heavy atom. The van der Waals surface area contributed by atoms with Gasteiger partial charge in [0, 0.05) is 23.5 Å². The molecule has 6 heteroatoms. The number of hydrogen-bond acceptors (Lipinski definition) is 5. The van der Waals surface area contributed by atoms with E-state index in [-0.39, 0.29) is 5.91 Å². The summed E-state index contributed by atoms with van der Waals surface area (Å²) in [5.74, 6) is 2.72. The van der Waals surface area contributed by atoms with Crippen molar-refractivity contribution in [3.63, 3.8) is 0 Å². The van der Waals surface area contributed by atoms with E-state index in [0.29, 0.717) is 35.7 Å². The van der Waals surface area contributed by atoms with Gasteiger partial charge in [0.2, 0.25) is 5.91 Å². The zero-order chi connectivity index (χ0) is 18.4. The van der Waals surface area contributed by atoms with E-state index < -0.39 is 0 Å². The van der Waals surface area contributed by atoms with Crippen molar-refractivity contribution in [2.45, 2.75) is 56.5 Å². The van der Waals surface area contributed by atoms with Gasteiger partial charge in [-0.1, -0.05) is 25.1 Å². The maximum atomic E-state index is 11.1. The summed E-state index contributed by atoms with van der Waals surface area (Å²) < 4.78 is 12.2. The Morgan fingerprint density at radius 1 is 1.31 bits per heavy atom. The fraction of sp³-hybridized carbons (Fsp3) is 0.650. The van der Waals surface area contributed by atoms with Crippen LogP contribution in [0.3, 0.4) is 0 Å². The highest BCUT2D eigenvalue weighted by Crippen LogP contribution is 2.45. The Kier molecular flexibility index (Phi) is 7.23. The molecule has 0 saturated carbocycles. The zero-order valence-corrected chi connectivity index (χ0v) is 16.1. The van der Waals surface area contributed by atoms with Gasteiger partial charge in [0.1, 0.15) is 5.75 Å². The summed E-state index contributed by atoms with van der Waals surface area (Å²) in [5.41, 5.74) is 1.69. The van der Waals surface area contributed by atoms with Crippen molar-refractivity contribution in [2.75, 3.05) is 12.4 Å². The van der Waals surface area contributed by atoms with Crippen LogP contribution in [0.1, 0.15) is 39.0 Å². The molecule has 5 unspecified atom stereocenters. The Labute approximate surface area is 159 Å². The predicted octanol–water partition coefficient (Wildman–Crippen LogP) is 3.66. The van der Waals surface area contributed by atoms with E-state index in [2.05, 4.69) is 6.92 Å². The molecule has 2 bridgehead atoms. The summed E-state index contributed by atoms with van der Waals surface area (Å²) in [6.07, 6.45) is 5.21. The highest BCUT2D eigenvalue weighted by molar-refractivity contribution is 7.99. The third kappa shape index (κ3) is 5.15. The molecule has 5 atom stereocenters. The van der Waals surface area contributed by atoms with Gasteiger partial charge in [-0.25, -0.2) is 5.48 Å². The molecule has 2 N–H and O–H groups in total. The minimum atomic E-state index is -0.304. The minimum Gasteiger partial charge on any atom is -0.493 e. The van der Waals surface area contributed by atoms with E-state index in [9.17, 15) is 4.79 Å². The Hall–Kier alpha value is -1.24. The van der Waals surface area contributed by atoms with E-state index in [4.69, 9.17) is 14.7 Å². The lowest BCUT2D eigenvalue weighted by Gasteiger charge is -2.28. The number of nitrogens with one attached hydrogen (secondary N) is 1. The van der Waals surface area contributed by atoms with Crippen LogP contribution in [0, 0.1) is 11.8 Å². The molecule has 0 radical (unpaired) electrons. The molecule has 1 aromatic carbocycles. The predicted molar refractivity (Wildman–Crippen MR) is 103 cm³/mol. The molecule has 2 fully saturated rings. The number of carbonyl (C=O) groups is 1. The summed E-state index contributed by atoms with van der Waals surface area (Å²) >= 11 is 1.97. The van der Waals surface area contributed by atoms with Crippen LogP contribution in [-0.2, 0) is 9.53 Å². The summed E-state index contributed by atoms with van der Waals surface area (Å²) in [6, 6.07) is 10.0. The van der Waals surface area contributed by atoms with Crippen LogP contribution in [0.2, 0.25) is 0 Å². The average molecular weight is 380 g/mol. The van der Waals surface area contributed by atoms with Crippen molar-refractivity contribution in [3.05, 3.63) is 30.3 Å². The molecule has 1 aromatic rings. The van der Waals surface area contributed by atoms with Gasteiger partial charge in [0.15, 0.2) is 0 Å². The number of hydrogen-bond donors (Lipinski definition) is 2. The molecule has 2 aliphatic rings. The van der Waals surface area contributed by atoms with Gasteiger partial charge in [-0.15, -0.1) is 0 Å². The summed E-state index contributed by atoms with van der Waals surface area (Å²) in [5, 5.41) is 9.04. The van der Waals surface area contributed by atoms with Crippen molar-refractivity contribution in [1.82, 2.24) is 5.48 Å². The van der Waals surface area contributed by atoms with E-state index in [1.807, 2.05) is 42.1 Å². The fourth-order valence-corrected chi connectivity index (χ4v) is 5.35. The maximum absolute atomic E-state index is 11.1.